The third-order valence-corrected chi connectivity index (χ3v) is 5.55. The molecule has 0 heterocycles. The first-order valence-corrected chi connectivity index (χ1v) is 8.44. The Morgan fingerprint density at radius 3 is 2.48 bits per heavy atom. The van der Waals surface area contributed by atoms with Gasteiger partial charge in [-0.2, -0.15) is 0 Å². The van der Waals surface area contributed by atoms with E-state index in [1.54, 1.807) is 14.2 Å². The molecular formula is C17H26BrNO2. The van der Waals surface area contributed by atoms with Gasteiger partial charge in [0.2, 0.25) is 0 Å². The largest absolute Gasteiger partial charge is 0.495 e. The van der Waals surface area contributed by atoms with Gasteiger partial charge in [-0.15, -0.1) is 0 Å². The molecule has 3 nitrogen and oxygen atoms in total. The highest BCUT2D eigenvalue weighted by Gasteiger charge is 2.33. The predicted octanol–water partition coefficient (Wildman–Crippen LogP) is 4.33. The smallest absolute Gasteiger partial charge is 0.140 e. The van der Waals surface area contributed by atoms with Crippen molar-refractivity contribution >= 4 is 15.9 Å². The topological polar surface area (TPSA) is 44.5 Å². The lowest BCUT2D eigenvalue weighted by Gasteiger charge is -2.37. The number of hydrogen-bond acceptors (Lipinski definition) is 3. The number of benzene rings is 1. The van der Waals surface area contributed by atoms with Crippen molar-refractivity contribution in [2.75, 3.05) is 14.2 Å². The summed E-state index contributed by atoms with van der Waals surface area (Å²) in [5.74, 6) is 3.44. The van der Waals surface area contributed by atoms with Crippen molar-refractivity contribution in [1.29, 1.82) is 0 Å². The minimum atomic E-state index is 0.203. The number of ether oxygens (including phenoxy) is 2. The summed E-state index contributed by atoms with van der Waals surface area (Å²) >= 11 is 3.59. The second kappa shape index (κ2) is 7.01. The number of hydrogen-bond donors (Lipinski definition) is 1. The molecule has 2 N–H and O–H groups in total. The van der Waals surface area contributed by atoms with Gasteiger partial charge in [0.15, 0.2) is 0 Å². The fourth-order valence-corrected chi connectivity index (χ4v) is 4.08. The number of halogens is 1. The normalized spacial score (nSPS) is 26.0. The van der Waals surface area contributed by atoms with Crippen LogP contribution in [0.1, 0.15) is 44.6 Å². The van der Waals surface area contributed by atoms with Crippen molar-refractivity contribution in [3.05, 3.63) is 22.2 Å². The van der Waals surface area contributed by atoms with E-state index in [1.807, 2.05) is 6.07 Å². The summed E-state index contributed by atoms with van der Waals surface area (Å²) in [4.78, 5) is 0. The molecule has 1 fully saturated rings. The molecular weight excluding hydrogens is 330 g/mol. The minimum absolute atomic E-state index is 0.203. The van der Waals surface area contributed by atoms with Crippen molar-refractivity contribution in [3.63, 3.8) is 0 Å². The molecule has 2 rings (SSSR count). The molecule has 1 aliphatic carbocycles. The van der Waals surface area contributed by atoms with E-state index in [0.717, 1.165) is 34.7 Å². The molecule has 1 aromatic carbocycles. The van der Waals surface area contributed by atoms with E-state index in [4.69, 9.17) is 15.2 Å². The maximum atomic E-state index is 6.42. The van der Waals surface area contributed by atoms with Crippen LogP contribution in [0.4, 0.5) is 0 Å². The Kier molecular flexibility index (Phi) is 5.55. The first-order valence-electron chi connectivity index (χ1n) is 7.65. The first-order chi connectivity index (χ1) is 9.99. The average Bonchev–Trinajstić information content (AvgIpc) is 2.47. The highest BCUT2D eigenvalue weighted by atomic mass is 79.9. The molecule has 4 heteroatoms. The number of nitrogens with two attached hydrogens (primary N) is 1. The Hall–Kier alpha value is -0.740. The molecule has 3 unspecified atom stereocenters. The summed E-state index contributed by atoms with van der Waals surface area (Å²) in [7, 11) is 3.37. The van der Waals surface area contributed by atoms with E-state index < -0.39 is 0 Å². The molecule has 0 aliphatic heterocycles. The van der Waals surface area contributed by atoms with Gasteiger partial charge in [-0.25, -0.2) is 0 Å². The maximum absolute atomic E-state index is 6.42. The van der Waals surface area contributed by atoms with Crippen molar-refractivity contribution < 1.29 is 9.47 Å². The highest BCUT2D eigenvalue weighted by molar-refractivity contribution is 9.10. The highest BCUT2D eigenvalue weighted by Crippen LogP contribution is 2.46. The van der Waals surface area contributed by atoms with E-state index in [0.29, 0.717) is 11.8 Å². The van der Waals surface area contributed by atoms with Crippen molar-refractivity contribution in [1.82, 2.24) is 0 Å². The van der Waals surface area contributed by atoms with Crippen molar-refractivity contribution in [2.45, 2.75) is 45.1 Å². The van der Waals surface area contributed by atoms with Gasteiger partial charge >= 0.3 is 0 Å². The summed E-state index contributed by atoms with van der Waals surface area (Å²) in [5, 5.41) is 0. The first kappa shape index (κ1) is 16.6. The van der Waals surface area contributed by atoms with Crippen molar-refractivity contribution in [2.24, 2.45) is 17.6 Å². The molecule has 21 heavy (non-hydrogen) atoms. The second-order valence-corrected chi connectivity index (χ2v) is 7.08. The van der Waals surface area contributed by atoms with E-state index in [1.165, 1.54) is 12.0 Å². The quantitative estimate of drug-likeness (QED) is 0.873. The van der Waals surface area contributed by atoms with Crippen LogP contribution >= 0.6 is 15.9 Å². The molecule has 1 aliphatic rings. The Morgan fingerprint density at radius 2 is 1.90 bits per heavy atom. The van der Waals surface area contributed by atoms with Crippen LogP contribution in [0.3, 0.4) is 0 Å². The lowest BCUT2D eigenvalue weighted by molar-refractivity contribution is 0.229. The summed E-state index contributed by atoms with van der Waals surface area (Å²) < 4.78 is 11.9. The molecule has 0 radical (unpaired) electrons. The molecule has 1 saturated carbocycles. The third-order valence-electron chi connectivity index (χ3n) is 4.80. The number of methoxy groups -OCH3 is 2. The number of rotatable bonds is 4. The minimum Gasteiger partial charge on any atom is -0.495 e. The van der Waals surface area contributed by atoms with E-state index in [9.17, 15) is 0 Å². The average molecular weight is 356 g/mol. The van der Waals surface area contributed by atoms with Crippen LogP contribution in [-0.2, 0) is 0 Å². The molecule has 0 spiro atoms. The lowest BCUT2D eigenvalue weighted by Crippen LogP contribution is -2.36. The second-order valence-electron chi connectivity index (χ2n) is 6.29. The van der Waals surface area contributed by atoms with Crippen molar-refractivity contribution in [3.8, 4) is 11.5 Å². The third kappa shape index (κ3) is 3.37. The van der Waals surface area contributed by atoms with Crippen LogP contribution in [0.25, 0.3) is 0 Å². The molecule has 1 aromatic rings. The Morgan fingerprint density at radius 1 is 1.19 bits per heavy atom. The van der Waals surface area contributed by atoms with Gasteiger partial charge in [-0.1, -0.05) is 19.9 Å². The summed E-state index contributed by atoms with van der Waals surface area (Å²) in [6.07, 6.45) is 3.45. The van der Waals surface area contributed by atoms with Gasteiger partial charge in [0.25, 0.3) is 0 Å². The summed E-state index contributed by atoms with van der Waals surface area (Å²) in [5.41, 5.74) is 7.61. The van der Waals surface area contributed by atoms with Crippen LogP contribution in [0, 0.1) is 11.8 Å². The Labute approximate surface area is 136 Å². The van der Waals surface area contributed by atoms with Crippen LogP contribution < -0.4 is 15.2 Å². The fraction of sp³-hybridized carbons (Fsp3) is 0.647. The van der Waals surface area contributed by atoms with Crippen LogP contribution in [0.15, 0.2) is 16.6 Å². The molecule has 0 aromatic heterocycles. The zero-order chi connectivity index (χ0) is 15.6. The van der Waals surface area contributed by atoms with Gasteiger partial charge in [0.05, 0.1) is 14.2 Å². The molecule has 0 saturated heterocycles. The van der Waals surface area contributed by atoms with E-state index in [-0.39, 0.29) is 6.04 Å². The zero-order valence-electron chi connectivity index (χ0n) is 13.4. The van der Waals surface area contributed by atoms with Gasteiger partial charge in [0.1, 0.15) is 16.0 Å². The summed E-state index contributed by atoms with van der Waals surface area (Å²) in [6.45, 7) is 4.61. The standard InChI is InChI=1S/C17H26BrNO2/c1-10(2)11-5-7-14(19)13(9-11)12-6-8-15(20-3)16(18)17(12)21-4/h6,8,10-11,13-14H,5,7,9,19H2,1-4H3. The summed E-state index contributed by atoms with van der Waals surface area (Å²) in [6, 6.07) is 4.30. The van der Waals surface area contributed by atoms with Gasteiger partial charge < -0.3 is 15.2 Å². The van der Waals surface area contributed by atoms with Gasteiger partial charge in [0, 0.05) is 17.5 Å². The molecule has 3 atom stereocenters. The molecule has 118 valence electrons. The lowest BCUT2D eigenvalue weighted by atomic mass is 9.71. The Bertz CT molecular complexity index is 490. The fourth-order valence-electron chi connectivity index (χ4n) is 3.40. The van der Waals surface area contributed by atoms with Crippen LogP contribution in [0.5, 0.6) is 11.5 Å². The Balaban J connectivity index is 2.37. The SMILES string of the molecule is COc1ccc(C2CC(C(C)C)CCC2N)c(OC)c1Br. The monoisotopic (exact) mass is 355 g/mol. The van der Waals surface area contributed by atoms with E-state index in [2.05, 4.69) is 35.8 Å². The zero-order valence-corrected chi connectivity index (χ0v) is 14.9. The van der Waals surface area contributed by atoms with Crippen LogP contribution in [-0.4, -0.2) is 20.3 Å². The van der Waals surface area contributed by atoms with Crippen LogP contribution in [0.2, 0.25) is 0 Å². The molecule has 0 amide bonds. The van der Waals surface area contributed by atoms with Gasteiger partial charge in [-0.05, 0) is 53.1 Å². The molecule has 0 bridgehead atoms. The maximum Gasteiger partial charge on any atom is 0.140 e. The van der Waals surface area contributed by atoms with Gasteiger partial charge in [-0.3, -0.25) is 0 Å². The van der Waals surface area contributed by atoms with E-state index >= 15 is 0 Å². The predicted molar refractivity (Wildman–Crippen MR) is 90.1 cm³/mol.